The minimum atomic E-state index is -3.60. The second-order valence-corrected chi connectivity index (χ2v) is 7.61. The number of carbonyl (C=O) groups excluding carboxylic acids is 1. The van der Waals surface area contributed by atoms with Crippen LogP contribution in [0.3, 0.4) is 0 Å². The summed E-state index contributed by atoms with van der Waals surface area (Å²) in [4.78, 5) is 12.6. The molecule has 0 spiro atoms. The van der Waals surface area contributed by atoms with E-state index in [4.69, 9.17) is 0 Å². The van der Waals surface area contributed by atoms with Crippen molar-refractivity contribution in [2.75, 3.05) is 6.54 Å². The van der Waals surface area contributed by atoms with E-state index in [2.05, 4.69) is 5.32 Å². The molecule has 21 heavy (non-hydrogen) atoms. The Kier molecular flexibility index (Phi) is 3.99. The van der Waals surface area contributed by atoms with Crippen LogP contribution in [0.1, 0.15) is 32.1 Å². The molecule has 1 aliphatic heterocycles. The van der Waals surface area contributed by atoms with E-state index in [1.807, 2.05) is 0 Å². The number of nitrogens with zero attached hydrogens (tertiary/aromatic N) is 1. The number of benzene rings is 1. The van der Waals surface area contributed by atoms with E-state index in [0.29, 0.717) is 13.0 Å². The number of sulfonamides is 1. The molecule has 0 radical (unpaired) electrons. The topological polar surface area (TPSA) is 66.5 Å². The Morgan fingerprint density at radius 1 is 1.10 bits per heavy atom. The summed E-state index contributed by atoms with van der Waals surface area (Å²) in [6, 6.07) is 8.04. The van der Waals surface area contributed by atoms with Crippen LogP contribution in [0, 0.1) is 0 Å². The molecule has 1 aromatic carbocycles. The average Bonchev–Trinajstić information content (AvgIpc) is 3.32. The first-order valence-electron chi connectivity index (χ1n) is 7.46. The van der Waals surface area contributed by atoms with Gasteiger partial charge in [0.05, 0.1) is 4.90 Å². The molecule has 1 N–H and O–H groups in total. The lowest BCUT2D eigenvalue weighted by atomic mass is 10.0. The summed E-state index contributed by atoms with van der Waals surface area (Å²) in [5, 5.41) is 2.93. The van der Waals surface area contributed by atoms with E-state index in [9.17, 15) is 13.2 Å². The van der Waals surface area contributed by atoms with Crippen molar-refractivity contribution < 1.29 is 13.2 Å². The molecule has 1 saturated heterocycles. The zero-order chi connectivity index (χ0) is 14.9. The van der Waals surface area contributed by atoms with Crippen molar-refractivity contribution in [1.29, 1.82) is 0 Å². The van der Waals surface area contributed by atoms with Crippen LogP contribution in [0.4, 0.5) is 0 Å². The number of piperidine rings is 1. The third-order valence-corrected chi connectivity index (χ3v) is 5.95. The van der Waals surface area contributed by atoms with Gasteiger partial charge in [0.1, 0.15) is 6.04 Å². The molecular formula is C15H20N2O3S. The van der Waals surface area contributed by atoms with Crippen molar-refractivity contribution in [3.63, 3.8) is 0 Å². The number of rotatable bonds is 4. The van der Waals surface area contributed by atoms with E-state index in [-0.39, 0.29) is 16.8 Å². The summed E-state index contributed by atoms with van der Waals surface area (Å²) in [5.41, 5.74) is 0. The van der Waals surface area contributed by atoms with Crippen LogP contribution in [0.15, 0.2) is 35.2 Å². The molecule has 2 fully saturated rings. The van der Waals surface area contributed by atoms with Crippen LogP contribution in [-0.4, -0.2) is 37.3 Å². The van der Waals surface area contributed by atoms with Crippen LogP contribution in [0.5, 0.6) is 0 Å². The first kappa shape index (κ1) is 14.5. The summed E-state index contributed by atoms with van der Waals surface area (Å²) >= 11 is 0. The Bertz CT molecular complexity index is 611. The highest BCUT2D eigenvalue weighted by atomic mass is 32.2. The van der Waals surface area contributed by atoms with Crippen molar-refractivity contribution in [3.8, 4) is 0 Å². The molecule has 2 aliphatic rings. The zero-order valence-corrected chi connectivity index (χ0v) is 12.7. The summed E-state index contributed by atoms with van der Waals surface area (Å²) in [5.74, 6) is -0.142. The largest absolute Gasteiger partial charge is 0.352 e. The lowest BCUT2D eigenvalue weighted by molar-refractivity contribution is -0.125. The fraction of sp³-hybridized carbons (Fsp3) is 0.533. The number of amides is 1. The third-order valence-electron chi connectivity index (χ3n) is 4.03. The second-order valence-electron chi connectivity index (χ2n) is 5.72. The minimum absolute atomic E-state index is 0.142. The monoisotopic (exact) mass is 308 g/mol. The lowest BCUT2D eigenvalue weighted by Gasteiger charge is -2.33. The Morgan fingerprint density at radius 2 is 1.81 bits per heavy atom. The van der Waals surface area contributed by atoms with E-state index >= 15 is 0 Å². The molecule has 1 aromatic rings. The van der Waals surface area contributed by atoms with Crippen LogP contribution < -0.4 is 5.32 Å². The van der Waals surface area contributed by atoms with E-state index in [0.717, 1.165) is 25.7 Å². The molecule has 3 rings (SSSR count). The predicted octanol–water partition coefficient (Wildman–Crippen LogP) is 1.51. The first-order valence-corrected chi connectivity index (χ1v) is 8.90. The van der Waals surface area contributed by atoms with Gasteiger partial charge in [-0.25, -0.2) is 8.42 Å². The van der Waals surface area contributed by atoms with Crippen LogP contribution in [0.2, 0.25) is 0 Å². The van der Waals surface area contributed by atoms with Gasteiger partial charge in [-0.1, -0.05) is 24.6 Å². The van der Waals surface area contributed by atoms with Crippen molar-refractivity contribution >= 4 is 15.9 Å². The van der Waals surface area contributed by atoms with Crippen molar-refractivity contribution in [1.82, 2.24) is 9.62 Å². The molecule has 0 bridgehead atoms. The highest BCUT2D eigenvalue weighted by Gasteiger charge is 2.39. The molecule has 0 aromatic heterocycles. The fourth-order valence-electron chi connectivity index (χ4n) is 2.71. The number of hydrogen-bond donors (Lipinski definition) is 1. The maximum atomic E-state index is 12.7. The minimum Gasteiger partial charge on any atom is -0.352 e. The Hall–Kier alpha value is -1.40. The molecule has 1 heterocycles. The van der Waals surface area contributed by atoms with Crippen molar-refractivity contribution in [2.24, 2.45) is 0 Å². The molecule has 1 atom stereocenters. The highest BCUT2D eigenvalue weighted by molar-refractivity contribution is 7.89. The SMILES string of the molecule is O=C(NC1CC1)C1CCCCN1S(=O)(=O)c1ccccc1. The van der Waals surface area contributed by atoms with Crippen LogP contribution in [-0.2, 0) is 14.8 Å². The predicted molar refractivity (Wildman–Crippen MR) is 79.1 cm³/mol. The van der Waals surface area contributed by atoms with Gasteiger partial charge in [0, 0.05) is 12.6 Å². The van der Waals surface area contributed by atoms with Crippen LogP contribution >= 0.6 is 0 Å². The van der Waals surface area contributed by atoms with Gasteiger partial charge in [-0.2, -0.15) is 4.31 Å². The average molecular weight is 308 g/mol. The molecule has 114 valence electrons. The maximum Gasteiger partial charge on any atom is 0.243 e. The Morgan fingerprint density at radius 3 is 2.48 bits per heavy atom. The van der Waals surface area contributed by atoms with Crippen molar-refractivity contribution in [3.05, 3.63) is 30.3 Å². The number of carbonyl (C=O) groups is 1. The summed E-state index contributed by atoms with van der Waals surface area (Å²) in [6.45, 7) is 0.417. The fourth-order valence-corrected chi connectivity index (χ4v) is 4.39. The lowest BCUT2D eigenvalue weighted by Crippen LogP contribution is -2.52. The van der Waals surface area contributed by atoms with Gasteiger partial charge in [-0.3, -0.25) is 4.79 Å². The molecule has 6 heteroatoms. The first-order chi connectivity index (χ1) is 10.1. The normalized spacial score (nSPS) is 23.7. The molecule has 1 saturated carbocycles. The molecule has 1 unspecified atom stereocenters. The second kappa shape index (κ2) is 5.77. The van der Waals surface area contributed by atoms with E-state index in [1.165, 1.54) is 4.31 Å². The molecule has 1 amide bonds. The van der Waals surface area contributed by atoms with Gasteiger partial charge in [0.25, 0.3) is 0 Å². The summed E-state index contributed by atoms with van der Waals surface area (Å²) in [7, 11) is -3.60. The van der Waals surface area contributed by atoms with Gasteiger partial charge in [-0.15, -0.1) is 0 Å². The zero-order valence-electron chi connectivity index (χ0n) is 11.9. The summed E-state index contributed by atoms with van der Waals surface area (Å²) in [6.07, 6.45) is 4.31. The van der Waals surface area contributed by atoms with Gasteiger partial charge in [0.2, 0.25) is 15.9 Å². The molecule has 5 nitrogen and oxygen atoms in total. The quantitative estimate of drug-likeness (QED) is 0.917. The maximum absolute atomic E-state index is 12.7. The van der Waals surface area contributed by atoms with Gasteiger partial charge in [0.15, 0.2) is 0 Å². The van der Waals surface area contributed by atoms with Gasteiger partial charge in [-0.05, 0) is 37.8 Å². The molecule has 1 aliphatic carbocycles. The standard InChI is InChI=1S/C15H20N2O3S/c18-15(16-12-9-10-12)14-8-4-5-11-17(14)21(19,20)13-6-2-1-3-7-13/h1-3,6-7,12,14H,4-5,8-11H2,(H,16,18). The number of hydrogen-bond acceptors (Lipinski definition) is 3. The molecular weight excluding hydrogens is 288 g/mol. The van der Waals surface area contributed by atoms with Gasteiger partial charge < -0.3 is 5.32 Å². The van der Waals surface area contributed by atoms with Crippen molar-refractivity contribution in [2.45, 2.75) is 49.1 Å². The summed E-state index contributed by atoms with van der Waals surface area (Å²) < 4.78 is 26.9. The number of nitrogens with one attached hydrogen (secondary N) is 1. The van der Waals surface area contributed by atoms with E-state index < -0.39 is 16.1 Å². The highest BCUT2D eigenvalue weighted by Crippen LogP contribution is 2.26. The smallest absolute Gasteiger partial charge is 0.243 e. The Labute approximate surface area is 125 Å². The van der Waals surface area contributed by atoms with E-state index in [1.54, 1.807) is 30.3 Å². The third kappa shape index (κ3) is 3.11. The Balaban J connectivity index is 1.84. The van der Waals surface area contributed by atoms with Crippen LogP contribution in [0.25, 0.3) is 0 Å². The van der Waals surface area contributed by atoms with Gasteiger partial charge >= 0.3 is 0 Å².